The molecule has 0 aliphatic heterocycles. The smallest absolute Gasteiger partial charge is 0.255 e. The lowest BCUT2D eigenvalue weighted by Gasteiger charge is -1.99. The molecule has 0 amide bonds. The molecule has 1 aromatic rings. The SMILES string of the molecule is O=C(Cl)c1c(F)cccc1P. The van der Waals surface area contributed by atoms with E-state index in [-0.39, 0.29) is 5.56 Å². The van der Waals surface area contributed by atoms with Crippen LogP contribution in [0.1, 0.15) is 10.4 Å². The molecule has 11 heavy (non-hydrogen) atoms. The summed E-state index contributed by atoms with van der Waals surface area (Å²) in [5.74, 6) is -0.586. The van der Waals surface area contributed by atoms with Gasteiger partial charge >= 0.3 is 0 Å². The van der Waals surface area contributed by atoms with Crippen molar-refractivity contribution in [1.82, 2.24) is 0 Å². The molecule has 1 rings (SSSR count). The number of rotatable bonds is 1. The Hall–Kier alpha value is -0.460. The second-order valence-corrected chi connectivity index (χ2v) is 2.94. The number of hydrogen-bond donors (Lipinski definition) is 0. The third kappa shape index (κ3) is 1.76. The van der Waals surface area contributed by atoms with Crippen molar-refractivity contribution in [3.8, 4) is 0 Å². The minimum Gasteiger partial charge on any atom is -0.275 e. The van der Waals surface area contributed by atoms with E-state index >= 15 is 0 Å². The fraction of sp³-hybridized carbons (Fsp3) is 0. The molecule has 1 unspecified atom stereocenters. The van der Waals surface area contributed by atoms with Crippen LogP contribution in [0.25, 0.3) is 0 Å². The molecule has 0 radical (unpaired) electrons. The fourth-order valence-electron chi connectivity index (χ4n) is 0.748. The van der Waals surface area contributed by atoms with Gasteiger partial charge in [0.15, 0.2) is 0 Å². The largest absolute Gasteiger partial charge is 0.275 e. The number of halogens is 2. The Bertz CT molecular complexity index is 280. The first-order valence-corrected chi connectivity index (χ1v) is 3.82. The minimum absolute atomic E-state index is 0.0702. The van der Waals surface area contributed by atoms with Gasteiger partial charge in [-0.3, -0.25) is 4.79 Å². The summed E-state index contributed by atoms with van der Waals surface area (Å²) in [7, 11) is 2.24. The molecule has 58 valence electrons. The van der Waals surface area contributed by atoms with Gasteiger partial charge in [-0.2, -0.15) is 0 Å². The Kier molecular flexibility index (Phi) is 2.58. The van der Waals surface area contributed by atoms with Gasteiger partial charge in [-0.1, -0.05) is 12.1 Å². The van der Waals surface area contributed by atoms with Gasteiger partial charge in [0, 0.05) is 0 Å². The standard InChI is InChI=1S/C7H5ClFOP/c8-7(10)6-4(9)2-1-3-5(6)11/h1-3H,11H2. The molecule has 0 heterocycles. The highest BCUT2D eigenvalue weighted by molar-refractivity contribution is 7.27. The Balaban J connectivity index is 3.32. The summed E-state index contributed by atoms with van der Waals surface area (Å²) in [6.45, 7) is 0. The quantitative estimate of drug-likeness (QED) is 0.487. The summed E-state index contributed by atoms with van der Waals surface area (Å²) in [6, 6.07) is 4.31. The van der Waals surface area contributed by atoms with Crippen molar-refractivity contribution >= 4 is 31.4 Å². The molecule has 4 heteroatoms. The predicted molar refractivity (Wildman–Crippen MR) is 45.9 cm³/mol. The van der Waals surface area contributed by atoms with Crippen molar-refractivity contribution < 1.29 is 9.18 Å². The van der Waals surface area contributed by atoms with Gasteiger partial charge in [-0.05, 0) is 23.0 Å². The maximum atomic E-state index is 12.8. The number of hydrogen-bond acceptors (Lipinski definition) is 1. The summed E-state index contributed by atoms with van der Waals surface area (Å²) in [6.07, 6.45) is 0. The lowest BCUT2D eigenvalue weighted by molar-refractivity contribution is 0.107. The van der Waals surface area contributed by atoms with Crippen LogP contribution in [0, 0.1) is 5.82 Å². The fourth-order valence-corrected chi connectivity index (χ4v) is 1.42. The maximum Gasteiger partial charge on any atom is 0.255 e. The van der Waals surface area contributed by atoms with Crippen LogP contribution in [0.5, 0.6) is 0 Å². The van der Waals surface area contributed by atoms with Crippen LogP contribution in [0.3, 0.4) is 0 Å². The van der Waals surface area contributed by atoms with Crippen LogP contribution in [0.15, 0.2) is 18.2 Å². The van der Waals surface area contributed by atoms with E-state index in [1.807, 2.05) is 0 Å². The molecule has 0 spiro atoms. The Morgan fingerprint density at radius 3 is 2.55 bits per heavy atom. The summed E-state index contributed by atoms with van der Waals surface area (Å²) in [4.78, 5) is 10.6. The molecular weight excluding hydrogens is 186 g/mol. The van der Waals surface area contributed by atoms with Gasteiger partial charge in [-0.15, -0.1) is 9.24 Å². The average molecular weight is 191 g/mol. The third-order valence-corrected chi connectivity index (χ3v) is 1.91. The molecule has 0 aromatic heterocycles. The molecule has 0 N–H and O–H groups in total. The van der Waals surface area contributed by atoms with Crippen molar-refractivity contribution in [2.24, 2.45) is 0 Å². The van der Waals surface area contributed by atoms with Crippen LogP contribution < -0.4 is 5.30 Å². The van der Waals surface area contributed by atoms with E-state index in [2.05, 4.69) is 9.24 Å². The van der Waals surface area contributed by atoms with Crippen molar-refractivity contribution in [2.45, 2.75) is 0 Å². The summed E-state index contributed by atoms with van der Waals surface area (Å²) < 4.78 is 12.8. The molecule has 0 bridgehead atoms. The number of carbonyl (C=O) groups is 1. The van der Waals surface area contributed by atoms with Crippen LogP contribution in [0.2, 0.25) is 0 Å². The van der Waals surface area contributed by atoms with Crippen molar-refractivity contribution in [2.75, 3.05) is 0 Å². The third-order valence-electron chi connectivity index (χ3n) is 1.24. The van der Waals surface area contributed by atoms with E-state index < -0.39 is 11.1 Å². The van der Waals surface area contributed by atoms with E-state index in [0.717, 1.165) is 0 Å². The molecule has 1 atom stereocenters. The van der Waals surface area contributed by atoms with E-state index in [9.17, 15) is 9.18 Å². The van der Waals surface area contributed by atoms with Crippen molar-refractivity contribution in [3.63, 3.8) is 0 Å². The highest BCUT2D eigenvalue weighted by atomic mass is 35.5. The Morgan fingerprint density at radius 2 is 2.18 bits per heavy atom. The van der Waals surface area contributed by atoms with E-state index in [1.54, 1.807) is 6.07 Å². The van der Waals surface area contributed by atoms with E-state index in [0.29, 0.717) is 5.30 Å². The average Bonchev–Trinajstić information content (AvgIpc) is 1.85. The normalized spacial score (nSPS) is 9.73. The maximum absolute atomic E-state index is 12.8. The molecule has 0 aliphatic rings. The first-order valence-electron chi connectivity index (χ1n) is 2.86. The lowest BCUT2D eigenvalue weighted by atomic mass is 10.2. The van der Waals surface area contributed by atoms with Crippen molar-refractivity contribution in [3.05, 3.63) is 29.6 Å². The van der Waals surface area contributed by atoms with Gasteiger partial charge in [0.05, 0.1) is 5.56 Å². The Labute approximate surface area is 70.8 Å². The van der Waals surface area contributed by atoms with Crippen LogP contribution in [0.4, 0.5) is 4.39 Å². The van der Waals surface area contributed by atoms with E-state index in [4.69, 9.17) is 11.6 Å². The first-order chi connectivity index (χ1) is 5.13. The van der Waals surface area contributed by atoms with Crippen molar-refractivity contribution in [1.29, 1.82) is 0 Å². The monoisotopic (exact) mass is 190 g/mol. The molecule has 1 aromatic carbocycles. The molecule has 1 nitrogen and oxygen atoms in total. The van der Waals surface area contributed by atoms with Gasteiger partial charge < -0.3 is 0 Å². The molecule has 0 fully saturated rings. The predicted octanol–water partition coefficient (Wildman–Crippen LogP) is 1.71. The number of carbonyl (C=O) groups excluding carboxylic acids is 1. The summed E-state index contributed by atoms with van der Waals surface area (Å²) in [5.41, 5.74) is -0.0702. The van der Waals surface area contributed by atoms with Gasteiger partial charge in [0.1, 0.15) is 5.82 Å². The number of benzene rings is 1. The highest BCUT2D eigenvalue weighted by Crippen LogP contribution is 2.09. The second kappa shape index (κ2) is 3.29. The zero-order chi connectivity index (χ0) is 8.43. The molecular formula is C7H5ClFOP. The molecule has 0 aliphatic carbocycles. The Morgan fingerprint density at radius 1 is 1.55 bits per heavy atom. The summed E-state index contributed by atoms with van der Waals surface area (Å²) >= 11 is 5.12. The van der Waals surface area contributed by atoms with Crippen LogP contribution >= 0.6 is 20.8 Å². The zero-order valence-electron chi connectivity index (χ0n) is 5.47. The van der Waals surface area contributed by atoms with Gasteiger partial charge in [0.25, 0.3) is 5.24 Å². The second-order valence-electron chi connectivity index (χ2n) is 1.98. The lowest BCUT2D eigenvalue weighted by Crippen LogP contribution is -2.07. The van der Waals surface area contributed by atoms with Gasteiger partial charge in [0.2, 0.25) is 0 Å². The summed E-state index contributed by atoms with van der Waals surface area (Å²) in [5, 5.41) is -0.293. The van der Waals surface area contributed by atoms with Crippen LogP contribution in [-0.2, 0) is 0 Å². The zero-order valence-corrected chi connectivity index (χ0v) is 7.38. The molecule has 0 saturated heterocycles. The topological polar surface area (TPSA) is 17.1 Å². The van der Waals surface area contributed by atoms with Gasteiger partial charge in [-0.25, -0.2) is 4.39 Å². The molecule has 0 saturated carbocycles. The first kappa shape index (κ1) is 8.63. The van der Waals surface area contributed by atoms with Crippen LogP contribution in [-0.4, -0.2) is 5.24 Å². The van der Waals surface area contributed by atoms with E-state index in [1.165, 1.54) is 12.1 Å². The highest BCUT2D eigenvalue weighted by Gasteiger charge is 2.10. The minimum atomic E-state index is -0.770.